The van der Waals surface area contributed by atoms with Crippen molar-refractivity contribution in [1.82, 2.24) is 9.97 Å². The van der Waals surface area contributed by atoms with Crippen LogP contribution in [0.5, 0.6) is 0 Å². The second-order valence-electron chi connectivity index (χ2n) is 3.15. The van der Waals surface area contributed by atoms with E-state index in [1.54, 1.807) is 0 Å². The van der Waals surface area contributed by atoms with E-state index in [2.05, 4.69) is 15.0 Å². The Balaban J connectivity index is 2.40. The zero-order valence-electron chi connectivity index (χ0n) is 8.16. The van der Waals surface area contributed by atoms with Gasteiger partial charge in [0.15, 0.2) is 0 Å². The standard InChI is InChI=1S/C10H7N5O/c11-2-6-1-7(3-14-10(6)16)8-4-13-5-9(12)15-8/h1,3-6H,(H2,12,15). The van der Waals surface area contributed by atoms with Crippen LogP contribution in [0.4, 0.5) is 5.82 Å². The van der Waals surface area contributed by atoms with E-state index in [-0.39, 0.29) is 5.82 Å². The Morgan fingerprint density at radius 3 is 2.94 bits per heavy atom. The highest BCUT2D eigenvalue weighted by Gasteiger charge is 2.19. The number of carbonyl (C=O) groups excluding carboxylic acids is 1. The summed E-state index contributed by atoms with van der Waals surface area (Å²) >= 11 is 0. The molecule has 1 aliphatic rings. The van der Waals surface area contributed by atoms with Crippen LogP contribution < -0.4 is 5.73 Å². The molecule has 0 bridgehead atoms. The second-order valence-corrected chi connectivity index (χ2v) is 3.15. The summed E-state index contributed by atoms with van der Waals surface area (Å²) in [7, 11) is 0. The number of anilines is 1. The van der Waals surface area contributed by atoms with Crippen molar-refractivity contribution in [3.05, 3.63) is 24.2 Å². The lowest BCUT2D eigenvalue weighted by atomic mass is 10.0. The summed E-state index contributed by atoms with van der Waals surface area (Å²) in [5, 5.41) is 8.73. The molecule has 1 unspecified atom stereocenters. The Hall–Kier alpha value is -2.55. The number of rotatable bonds is 1. The van der Waals surface area contributed by atoms with Gasteiger partial charge in [0.05, 0.1) is 24.2 Å². The summed E-state index contributed by atoms with van der Waals surface area (Å²) < 4.78 is 0. The lowest BCUT2D eigenvalue weighted by Gasteiger charge is -2.08. The maximum absolute atomic E-state index is 11.1. The third-order valence-corrected chi connectivity index (χ3v) is 2.03. The van der Waals surface area contributed by atoms with Crippen molar-refractivity contribution in [2.75, 3.05) is 5.73 Å². The van der Waals surface area contributed by atoms with Crippen LogP contribution in [0.2, 0.25) is 0 Å². The number of nitrogens with two attached hydrogens (primary N) is 1. The summed E-state index contributed by atoms with van der Waals surface area (Å²) in [4.78, 5) is 22.6. The molecule has 0 spiro atoms. The van der Waals surface area contributed by atoms with Crippen molar-refractivity contribution < 1.29 is 4.79 Å². The molecule has 0 aromatic carbocycles. The first-order valence-corrected chi connectivity index (χ1v) is 4.48. The number of nitrogens with zero attached hydrogens (tertiary/aromatic N) is 4. The lowest BCUT2D eigenvalue weighted by Crippen LogP contribution is -2.13. The van der Waals surface area contributed by atoms with Crippen molar-refractivity contribution in [2.45, 2.75) is 0 Å². The van der Waals surface area contributed by atoms with Gasteiger partial charge in [0.2, 0.25) is 0 Å². The van der Waals surface area contributed by atoms with Gasteiger partial charge in [-0.05, 0) is 6.08 Å². The summed E-state index contributed by atoms with van der Waals surface area (Å²) in [6.07, 6.45) is 5.77. The lowest BCUT2D eigenvalue weighted by molar-refractivity contribution is -0.118. The largest absolute Gasteiger partial charge is 0.382 e. The number of carbonyl (C=O) groups is 1. The molecule has 0 radical (unpaired) electrons. The van der Waals surface area contributed by atoms with Crippen LogP contribution in [-0.2, 0) is 4.79 Å². The fourth-order valence-corrected chi connectivity index (χ4v) is 1.27. The first kappa shape index (κ1) is 9.98. The van der Waals surface area contributed by atoms with E-state index in [1.807, 2.05) is 6.07 Å². The van der Waals surface area contributed by atoms with Crippen LogP contribution in [0, 0.1) is 17.2 Å². The Bertz CT molecular complexity index is 540. The number of hydrogen-bond donors (Lipinski definition) is 1. The fourth-order valence-electron chi connectivity index (χ4n) is 1.27. The molecule has 16 heavy (non-hydrogen) atoms. The molecule has 1 amide bonds. The van der Waals surface area contributed by atoms with Gasteiger partial charge < -0.3 is 5.73 Å². The summed E-state index contributed by atoms with van der Waals surface area (Å²) in [5.74, 6) is -1.05. The third-order valence-electron chi connectivity index (χ3n) is 2.03. The van der Waals surface area contributed by atoms with E-state index in [1.165, 1.54) is 24.7 Å². The van der Waals surface area contributed by atoms with E-state index in [0.29, 0.717) is 11.3 Å². The highest BCUT2D eigenvalue weighted by atomic mass is 16.1. The van der Waals surface area contributed by atoms with Crippen LogP contribution >= 0.6 is 0 Å². The second kappa shape index (κ2) is 3.90. The summed E-state index contributed by atoms with van der Waals surface area (Å²) in [5.41, 5.74) is 6.55. The molecule has 2 N–H and O–H groups in total. The van der Waals surface area contributed by atoms with Crippen LogP contribution in [-0.4, -0.2) is 22.1 Å². The van der Waals surface area contributed by atoms with Crippen LogP contribution in [0.15, 0.2) is 23.5 Å². The first-order chi connectivity index (χ1) is 7.70. The predicted octanol–water partition coefficient (Wildman–Crippen LogP) is 0.193. The molecule has 1 aromatic rings. The van der Waals surface area contributed by atoms with Crippen molar-refractivity contribution in [3.63, 3.8) is 0 Å². The molecule has 1 atom stereocenters. The molecule has 6 nitrogen and oxygen atoms in total. The number of dihydropyridines is 1. The van der Waals surface area contributed by atoms with E-state index >= 15 is 0 Å². The number of amides is 1. The number of allylic oxidation sites excluding steroid dienone is 1. The average molecular weight is 213 g/mol. The number of nitriles is 1. The van der Waals surface area contributed by atoms with Gasteiger partial charge in [0, 0.05) is 11.8 Å². The normalized spacial score (nSPS) is 19.1. The molecule has 6 heteroatoms. The van der Waals surface area contributed by atoms with E-state index in [4.69, 9.17) is 11.0 Å². The minimum atomic E-state index is -0.858. The Morgan fingerprint density at radius 2 is 2.25 bits per heavy atom. The molecule has 1 aliphatic heterocycles. The van der Waals surface area contributed by atoms with Crippen LogP contribution in [0.1, 0.15) is 5.69 Å². The van der Waals surface area contributed by atoms with E-state index in [9.17, 15) is 4.79 Å². The predicted molar refractivity (Wildman–Crippen MR) is 57.0 cm³/mol. The number of aromatic nitrogens is 2. The van der Waals surface area contributed by atoms with Crippen molar-refractivity contribution >= 4 is 23.5 Å². The van der Waals surface area contributed by atoms with Gasteiger partial charge in [0.1, 0.15) is 11.7 Å². The zero-order valence-corrected chi connectivity index (χ0v) is 8.16. The SMILES string of the molecule is N#CC1C=C(c2cncc(N)n2)C=NC1=O. The fraction of sp³-hybridized carbons (Fsp3) is 0.100. The quantitative estimate of drug-likeness (QED) is 0.716. The first-order valence-electron chi connectivity index (χ1n) is 4.48. The Kier molecular flexibility index (Phi) is 2.44. The molecular weight excluding hydrogens is 206 g/mol. The summed E-state index contributed by atoms with van der Waals surface area (Å²) in [6, 6.07) is 1.85. The molecule has 2 rings (SSSR count). The van der Waals surface area contributed by atoms with Gasteiger partial charge in [-0.1, -0.05) is 0 Å². The maximum Gasteiger partial charge on any atom is 0.266 e. The number of aliphatic imine (C=N–C) groups is 1. The zero-order chi connectivity index (χ0) is 11.5. The molecule has 1 aromatic heterocycles. The van der Waals surface area contributed by atoms with Gasteiger partial charge in [-0.25, -0.2) is 9.98 Å². The van der Waals surface area contributed by atoms with E-state index in [0.717, 1.165) is 0 Å². The Labute approximate surface area is 91.2 Å². The number of nitrogen functional groups attached to an aromatic ring is 1. The van der Waals surface area contributed by atoms with Crippen LogP contribution in [0.25, 0.3) is 5.57 Å². The third kappa shape index (κ3) is 1.79. The van der Waals surface area contributed by atoms with Gasteiger partial charge >= 0.3 is 0 Å². The molecule has 0 aliphatic carbocycles. The van der Waals surface area contributed by atoms with E-state index < -0.39 is 11.8 Å². The Morgan fingerprint density at radius 1 is 1.44 bits per heavy atom. The summed E-state index contributed by atoms with van der Waals surface area (Å²) in [6.45, 7) is 0. The topological polar surface area (TPSA) is 105 Å². The van der Waals surface area contributed by atoms with Gasteiger partial charge in [-0.2, -0.15) is 5.26 Å². The maximum atomic E-state index is 11.1. The minimum absolute atomic E-state index is 0.275. The van der Waals surface area contributed by atoms with Crippen LogP contribution in [0.3, 0.4) is 0 Å². The number of hydrogen-bond acceptors (Lipinski definition) is 5. The van der Waals surface area contributed by atoms with Gasteiger partial charge in [-0.15, -0.1) is 0 Å². The highest BCUT2D eigenvalue weighted by molar-refractivity contribution is 6.16. The minimum Gasteiger partial charge on any atom is -0.382 e. The molecule has 0 saturated carbocycles. The van der Waals surface area contributed by atoms with Crippen molar-refractivity contribution in [3.8, 4) is 6.07 Å². The molecule has 0 saturated heterocycles. The van der Waals surface area contributed by atoms with Crippen molar-refractivity contribution in [2.24, 2.45) is 10.9 Å². The highest BCUT2D eigenvalue weighted by Crippen LogP contribution is 2.17. The molecule has 0 fully saturated rings. The monoisotopic (exact) mass is 213 g/mol. The van der Waals surface area contributed by atoms with Gasteiger partial charge in [0.25, 0.3) is 5.91 Å². The average Bonchev–Trinajstić information content (AvgIpc) is 2.29. The smallest absolute Gasteiger partial charge is 0.266 e. The molecule has 78 valence electrons. The molecule has 2 heterocycles. The molecular formula is C10H7N5O. The van der Waals surface area contributed by atoms with Gasteiger partial charge in [-0.3, -0.25) is 9.78 Å². The van der Waals surface area contributed by atoms with Crippen molar-refractivity contribution in [1.29, 1.82) is 5.26 Å².